The molecule has 1 aliphatic heterocycles. The van der Waals surface area contributed by atoms with Crippen LogP contribution in [0.3, 0.4) is 0 Å². The van der Waals surface area contributed by atoms with E-state index < -0.39 is 11.7 Å². The first-order valence-electron chi connectivity index (χ1n) is 9.68. The van der Waals surface area contributed by atoms with Crippen molar-refractivity contribution in [3.8, 4) is 0 Å². The number of halogens is 5. The molecular weight excluding hydrogens is 420 g/mol. The van der Waals surface area contributed by atoms with E-state index in [2.05, 4.69) is 40.5 Å². The Morgan fingerprint density at radius 1 is 0.931 bits per heavy atom. The van der Waals surface area contributed by atoms with Crippen LogP contribution in [0.1, 0.15) is 30.4 Å². The van der Waals surface area contributed by atoms with Crippen molar-refractivity contribution in [2.24, 2.45) is 5.92 Å². The maximum Gasteiger partial charge on any atom is 0.416 e. The van der Waals surface area contributed by atoms with Crippen molar-refractivity contribution in [2.45, 2.75) is 31.9 Å². The minimum atomic E-state index is -4.29. The maximum absolute atomic E-state index is 12.7. The fraction of sp³-hybridized carbons (Fsp3) is 0.455. The summed E-state index contributed by atoms with van der Waals surface area (Å²) in [6.07, 6.45) is 0.235. The van der Waals surface area contributed by atoms with E-state index in [0.29, 0.717) is 12.2 Å². The van der Waals surface area contributed by atoms with E-state index in [0.717, 1.165) is 44.5 Å². The second kappa shape index (κ2) is 12.3. The van der Waals surface area contributed by atoms with Gasteiger partial charge >= 0.3 is 6.18 Å². The second-order valence-corrected chi connectivity index (χ2v) is 7.33. The van der Waals surface area contributed by atoms with Crippen molar-refractivity contribution in [1.29, 1.82) is 0 Å². The van der Waals surface area contributed by atoms with Gasteiger partial charge in [0.15, 0.2) is 0 Å². The Labute approximate surface area is 183 Å². The molecule has 0 unspecified atom stereocenters. The molecule has 1 fully saturated rings. The summed E-state index contributed by atoms with van der Waals surface area (Å²) < 4.78 is 38.2. The van der Waals surface area contributed by atoms with Crippen molar-refractivity contribution in [1.82, 2.24) is 4.90 Å². The quantitative estimate of drug-likeness (QED) is 0.499. The fourth-order valence-corrected chi connectivity index (χ4v) is 3.70. The lowest BCUT2D eigenvalue weighted by molar-refractivity contribution is -0.137. The van der Waals surface area contributed by atoms with E-state index in [4.69, 9.17) is 0 Å². The van der Waals surface area contributed by atoms with Crippen molar-refractivity contribution < 1.29 is 13.2 Å². The fourth-order valence-electron chi connectivity index (χ4n) is 3.70. The normalized spacial score (nSPS) is 15.3. The summed E-state index contributed by atoms with van der Waals surface area (Å²) in [4.78, 5) is 2.47. The number of nitrogens with zero attached hydrogens (tertiary/aromatic N) is 1. The average Bonchev–Trinajstić information content (AvgIpc) is 2.67. The Morgan fingerprint density at radius 2 is 1.62 bits per heavy atom. The van der Waals surface area contributed by atoms with Gasteiger partial charge in [-0.05, 0) is 75.0 Å². The molecule has 2 aromatic rings. The standard InChI is InChI=1S/C22H27F3N2.2ClH/c23-22(24,25)20-8-4-9-21(17-20)26-12-5-13-27-14-10-19(11-15-27)16-18-6-2-1-3-7-18;;/h1-4,6-9,17,19,26H,5,10-16H2;2*1H. The first kappa shape index (κ1) is 25.6. The van der Waals surface area contributed by atoms with Gasteiger partial charge in [0.25, 0.3) is 0 Å². The van der Waals surface area contributed by atoms with Gasteiger partial charge in [-0.15, -0.1) is 24.8 Å². The van der Waals surface area contributed by atoms with Crippen LogP contribution in [-0.2, 0) is 12.6 Å². The number of nitrogens with one attached hydrogen (secondary N) is 1. The molecule has 29 heavy (non-hydrogen) atoms. The molecule has 7 heteroatoms. The molecular formula is C22H29Cl2F3N2. The third-order valence-corrected chi connectivity index (χ3v) is 5.24. The largest absolute Gasteiger partial charge is 0.416 e. The Kier molecular flexibility index (Phi) is 10.9. The van der Waals surface area contributed by atoms with E-state index in [1.807, 2.05) is 0 Å². The van der Waals surface area contributed by atoms with Gasteiger partial charge in [0.05, 0.1) is 5.56 Å². The molecule has 1 saturated heterocycles. The number of likely N-dealkylation sites (tertiary alicyclic amines) is 1. The molecule has 0 spiro atoms. The van der Waals surface area contributed by atoms with Crippen molar-refractivity contribution in [3.63, 3.8) is 0 Å². The smallest absolute Gasteiger partial charge is 0.385 e. The Bertz CT molecular complexity index is 703. The molecule has 1 N–H and O–H groups in total. The summed E-state index contributed by atoms with van der Waals surface area (Å²) in [6, 6.07) is 16.1. The number of rotatable bonds is 7. The molecule has 1 aliphatic rings. The highest BCUT2D eigenvalue weighted by atomic mass is 35.5. The molecule has 2 nitrogen and oxygen atoms in total. The number of hydrogen-bond acceptors (Lipinski definition) is 2. The first-order valence-corrected chi connectivity index (χ1v) is 9.68. The van der Waals surface area contributed by atoms with Gasteiger partial charge in [-0.2, -0.15) is 13.2 Å². The molecule has 3 rings (SSSR count). The molecule has 1 heterocycles. The second-order valence-electron chi connectivity index (χ2n) is 7.33. The van der Waals surface area contributed by atoms with Crippen molar-refractivity contribution in [2.75, 3.05) is 31.5 Å². The highest BCUT2D eigenvalue weighted by molar-refractivity contribution is 5.85. The molecule has 0 amide bonds. The van der Waals surface area contributed by atoms with Crippen LogP contribution in [0, 0.1) is 5.92 Å². The van der Waals surface area contributed by atoms with Gasteiger partial charge in [0.2, 0.25) is 0 Å². The van der Waals surface area contributed by atoms with E-state index in [1.165, 1.54) is 30.5 Å². The van der Waals surface area contributed by atoms with Gasteiger partial charge in [-0.25, -0.2) is 0 Å². The predicted octanol–water partition coefficient (Wildman–Crippen LogP) is 6.31. The summed E-state index contributed by atoms with van der Waals surface area (Å²) in [5.74, 6) is 0.756. The lowest BCUT2D eigenvalue weighted by Gasteiger charge is -2.32. The molecule has 0 saturated carbocycles. The zero-order valence-corrected chi connectivity index (χ0v) is 18.0. The lowest BCUT2D eigenvalue weighted by Crippen LogP contribution is -2.35. The highest BCUT2D eigenvalue weighted by Crippen LogP contribution is 2.30. The van der Waals surface area contributed by atoms with Gasteiger partial charge in [-0.1, -0.05) is 36.4 Å². The van der Waals surface area contributed by atoms with Crippen LogP contribution in [0.25, 0.3) is 0 Å². The van der Waals surface area contributed by atoms with E-state index in [1.54, 1.807) is 6.07 Å². The van der Waals surface area contributed by atoms with Gasteiger partial charge in [0, 0.05) is 12.2 Å². The molecule has 162 valence electrons. The zero-order valence-electron chi connectivity index (χ0n) is 16.3. The topological polar surface area (TPSA) is 15.3 Å². The van der Waals surface area contributed by atoms with Crippen LogP contribution < -0.4 is 5.32 Å². The molecule has 0 radical (unpaired) electrons. The van der Waals surface area contributed by atoms with Crippen molar-refractivity contribution in [3.05, 3.63) is 65.7 Å². The number of anilines is 1. The zero-order chi connectivity index (χ0) is 19.1. The van der Waals surface area contributed by atoms with Crippen LogP contribution in [0.4, 0.5) is 18.9 Å². The van der Waals surface area contributed by atoms with Crippen LogP contribution in [0.2, 0.25) is 0 Å². The van der Waals surface area contributed by atoms with Crippen LogP contribution in [0.5, 0.6) is 0 Å². The molecule has 0 aromatic heterocycles. The summed E-state index contributed by atoms with van der Waals surface area (Å²) in [7, 11) is 0. The Balaban J connectivity index is 0.00000210. The van der Waals surface area contributed by atoms with Crippen LogP contribution in [-0.4, -0.2) is 31.1 Å². The third kappa shape index (κ3) is 8.45. The number of benzene rings is 2. The lowest BCUT2D eigenvalue weighted by atomic mass is 9.90. The summed E-state index contributed by atoms with van der Waals surface area (Å²) in [5.41, 5.74) is 1.35. The number of alkyl halides is 3. The molecule has 2 aromatic carbocycles. The van der Waals surface area contributed by atoms with Crippen LogP contribution in [0.15, 0.2) is 54.6 Å². The van der Waals surface area contributed by atoms with E-state index >= 15 is 0 Å². The maximum atomic E-state index is 12.7. The SMILES string of the molecule is Cl.Cl.FC(F)(F)c1cccc(NCCCN2CCC(Cc3ccccc3)CC2)c1. The van der Waals surface area contributed by atoms with Gasteiger partial charge < -0.3 is 10.2 Å². The van der Waals surface area contributed by atoms with E-state index in [-0.39, 0.29) is 24.8 Å². The minimum absolute atomic E-state index is 0. The molecule has 0 atom stereocenters. The molecule has 0 aliphatic carbocycles. The van der Waals surface area contributed by atoms with Gasteiger partial charge in [-0.3, -0.25) is 0 Å². The van der Waals surface area contributed by atoms with E-state index in [9.17, 15) is 13.2 Å². The summed E-state index contributed by atoms with van der Waals surface area (Å²) in [6.45, 7) is 3.90. The Hall–Kier alpha value is -1.43. The van der Waals surface area contributed by atoms with Crippen molar-refractivity contribution >= 4 is 30.5 Å². The number of piperidine rings is 1. The predicted molar refractivity (Wildman–Crippen MR) is 118 cm³/mol. The number of hydrogen-bond donors (Lipinski definition) is 1. The Morgan fingerprint density at radius 3 is 2.28 bits per heavy atom. The third-order valence-electron chi connectivity index (χ3n) is 5.24. The minimum Gasteiger partial charge on any atom is -0.385 e. The molecule has 0 bridgehead atoms. The highest BCUT2D eigenvalue weighted by Gasteiger charge is 2.30. The summed E-state index contributed by atoms with van der Waals surface area (Å²) >= 11 is 0. The monoisotopic (exact) mass is 448 g/mol. The van der Waals surface area contributed by atoms with Crippen LogP contribution >= 0.6 is 24.8 Å². The van der Waals surface area contributed by atoms with Gasteiger partial charge in [0.1, 0.15) is 0 Å². The average molecular weight is 449 g/mol. The first-order chi connectivity index (χ1) is 13.0. The summed E-state index contributed by atoms with van der Waals surface area (Å²) in [5, 5.41) is 3.11.